The first-order valence-electron chi connectivity index (χ1n) is 15.3. The highest BCUT2D eigenvalue weighted by atomic mass is 35.5. The molecule has 3 unspecified atom stereocenters. The zero-order valence-corrected chi connectivity index (χ0v) is 27.9. The molecule has 0 spiro atoms. The summed E-state index contributed by atoms with van der Waals surface area (Å²) in [5, 5.41) is 3.11. The van der Waals surface area contributed by atoms with Crippen molar-refractivity contribution in [3.8, 4) is 5.75 Å². The molecule has 0 aliphatic carbocycles. The van der Waals surface area contributed by atoms with Crippen molar-refractivity contribution in [2.75, 3.05) is 25.6 Å². The van der Waals surface area contributed by atoms with Gasteiger partial charge in [-0.25, -0.2) is 9.37 Å². The number of rotatable bonds is 15. The average Bonchev–Trinajstić information content (AvgIpc) is 3.37. The minimum absolute atomic E-state index is 0.0279. The zero-order valence-electron chi connectivity index (χ0n) is 27.1. The van der Waals surface area contributed by atoms with E-state index in [1.165, 1.54) is 13.0 Å². The number of fused-ring (bicyclic) bond motifs is 1. The topological polar surface area (TPSA) is 133 Å². The summed E-state index contributed by atoms with van der Waals surface area (Å²) in [5.74, 6) is -1.03. The molecule has 2 amide bonds. The molecule has 2 heterocycles. The monoisotopic (exact) mass is 655 g/mol. The number of alkyl halides is 2. The Labute approximate surface area is 275 Å². The Morgan fingerprint density at radius 3 is 2.59 bits per heavy atom. The number of aromatic nitrogens is 1. The Bertz CT molecular complexity index is 1550. The van der Waals surface area contributed by atoms with Gasteiger partial charge >= 0.3 is 0 Å². The van der Waals surface area contributed by atoms with E-state index in [4.69, 9.17) is 32.8 Å². The van der Waals surface area contributed by atoms with Crippen molar-refractivity contribution in [2.45, 2.75) is 77.4 Å². The number of aliphatic imine (C=N–C) groups is 1. The van der Waals surface area contributed by atoms with Gasteiger partial charge in [0.15, 0.2) is 0 Å². The lowest BCUT2D eigenvalue weighted by atomic mass is 9.82. The number of carbonyl (C=O) groups excluding carboxylic acids is 2. The van der Waals surface area contributed by atoms with Crippen molar-refractivity contribution in [2.24, 2.45) is 10.7 Å². The number of nitrogens with one attached hydrogen (secondary N) is 1. The Morgan fingerprint density at radius 2 is 1.98 bits per heavy atom. The van der Waals surface area contributed by atoms with Crippen molar-refractivity contribution < 1.29 is 23.1 Å². The van der Waals surface area contributed by atoms with Crippen LogP contribution in [0, 0.1) is 0 Å². The Balaban J connectivity index is 2.12. The van der Waals surface area contributed by atoms with Crippen molar-refractivity contribution in [1.82, 2.24) is 10.3 Å². The first-order valence-corrected chi connectivity index (χ1v) is 15.7. The molecule has 46 heavy (non-hydrogen) atoms. The van der Waals surface area contributed by atoms with E-state index in [0.29, 0.717) is 58.7 Å². The molecule has 11 heteroatoms. The third kappa shape index (κ3) is 8.40. The lowest BCUT2D eigenvalue weighted by Gasteiger charge is -2.23. The van der Waals surface area contributed by atoms with Crippen LogP contribution in [0.2, 0.25) is 0 Å². The number of pyridine rings is 1. The average molecular weight is 656 g/mol. The van der Waals surface area contributed by atoms with E-state index in [9.17, 15) is 18.4 Å². The molecule has 0 fully saturated rings. The fourth-order valence-electron chi connectivity index (χ4n) is 4.97. The summed E-state index contributed by atoms with van der Waals surface area (Å²) in [6, 6.07) is 6.76. The summed E-state index contributed by atoms with van der Waals surface area (Å²) in [5.41, 5.74) is 14.2. The van der Waals surface area contributed by atoms with Gasteiger partial charge in [0.05, 0.1) is 11.7 Å². The third-order valence-electron chi connectivity index (χ3n) is 8.08. The zero-order chi connectivity index (χ0) is 34.2. The van der Waals surface area contributed by atoms with Crippen LogP contribution in [0.4, 0.5) is 14.5 Å². The number of hydrogen-bond donors (Lipinski definition) is 3. The van der Waals surface area contributed by atoms with Crippen LogP contribution in [0.3, 0.4) is 0 Å². The number of hydrogen-bond acceptors (Lipinski definition) is 6. The minimum atomic E-state index is -1.34. The van der Waals surface area contributed by atoms with Crippen LogP contribution in [0.1, 0.15) is 92.7 Å². The molecule has 0 radical (unpaired) electrons. The Morgan fingerprint density at radius 1 is 1.26 bits per heavy atom. The van der Waals surface area contributed by atoms with Gasteiger partial charge in [-0.3, -0.25) is 19.0 Å². The highest BCUT2D eigenvalue weighted by Crippen LogP contribution is 2.46. The van der Waals surface area contributed by atoms with Crippen LogP contribution in [-0.2, 0) is 10.2 Å². The quantitative estimate of drug-likeness (QED) is 0.0848. The van der Waals surface area contributed by atoms with Crippen LogP contribution >= 0.6 is 11.6 Å². The first-order chi connectivity index (χ1) is 21.7. The second-order valence-electron chi connectivity index (χ2n) is 12.0. The molecule has 3 atom stereocenters. The second-order valence-corrected chi connectivity index (χ2v) is 12.4. The van der Waals surface area contributed by atoms with Crippen LogP contribution in [0.15, 0.2) is 58.6 Å². The lowest BCUT2D eigenvalue weighted by molar-refractivity contribution is -0.123. The van der Waals surface area contributed by atoms with E-state index in [1.807, 2.05) is 13.8 Å². The predicted octanol–water partition coefficient (Wildman–Crippen LogP) is 6.72. The molecule has 2 aromatic rings. The number of nitrogens with zero attached hydrogens (tertiary/aromatic N) is 2. The number of nitrogens with two attached hydrogens (primary N) is 2. The molecule has 5 N–H and O–H groups in total. The molecular formula is C35H44ClF2N5O3. The maximum atomic E-state index is 14.4. The molecule has 1 aromatic carbocycles. The number of carbonyl (C=O) groups is 2. The smallest absolute Gasteiger partial charge is 0.251 e. The van der Waals surface area contributed by atoms with E-state index in [2.05, 4.69) is 16.9 Å². The van der Waals surface area contributed by atoms with E-state index < -0.39 is 30.1 Å². The van der Waals surface area contributed by atoms with Gasteiger partial charge in [0.2, 0.25) is 5.91 Å². The number of amides is 2. The van der Waals surface area contributed by atoms with Gasteiger partial charge in [-0.1, -0.05) is 36.8 Å². The number of unbranched alkanes of at least 4 members (excludes halogenated alkanes) is 1. The highest BCUT2D eigenvalue weighted by Gasteiger charge is 2.44. The standard InChI is InChI=1S/C35H44ClF2N5O3/c1-7-10-26(30(36)21(4)22(5)38)31-32-27(35(6,19-46-32)34(40)45)16-29(43-31)24(11-8-9-14-37)17-42-33(44)23-12-13-28(39)25(15-23)18-41-20(2)3/h7,10,12-13,15-16,18,20,22,24H,1,8-9,11,14,17,19,39H2,2-6H3,(H2,40,45)(H,42,44)/b26-10+,30-21-,41-18?. The van der Waals surface area contributed by atoms with Gasteiger partial charge in [0.1, 0.15) is 29.6 Å². The number of allylic oxidation sites excluding steroid dienone is 5. The fourth-order valence-corrected chi connectivity index (χ4v) is 5.28. The number of nitrogen functional groups attached to an aromatic ring is 1. The van der Waals surface area contributed by atoms with Crippen LogP contribution in [0.25, 0.3) is 5.57 Å². The summed E-state index contributed by atoms with van der Waals surface area (Å²) >= 11 is 6.73. The number of ether oxygens (including phenoxy) is 1. The fraction of sp³-hybridized carbons (Fsp3) is 0.429. The minimum Gasteiger partial charge on any atom is -0.489 e. The summed E-state index contributed by atoms with van der Waals surface area (Å²) in [7, 11) is 0. The first kappa shape index (κ1) is 36.4. The number of halogens is 3. The molecule has 3 rings (SSSR count). The summed E-state index contributed by atoms with van der Waals surface area (Å²) in [4.78, 5) is 35.4. The van der Waals surface area contributed by atoms with E-state index in [0.717, 1.165) is 0 Å². The second kappa shape index (κ2) is 16.0. The molecule has 0 saturated heterocycles. The molecule has 1 aliphatic rings. The van der Waals surface area contributed by atoms with Gasteiger partial charge < -0.3 is 21.5 Å². The van der Waals surface area contributed by atoms with Crippen molar-refractivity contribution in [1.29, 1.82) is 0 Å². The van der Waals surface area contributed by atoms with Crippen LogP contribution in [0.5, 0.6) is 5.75 Å². The lowest BCUT2D eigenvalue weighted by Crippen LogP contribution is -2.40. The van der Waals surface area contributed by atoms with E-state index >= 15 is 0 Å². The summed E-state index contributed by atoms with van der Waals surface area (Å²) in [6.07, 6.45) is 4.72. The molecule has 0 saturated carbocycles. The predicted molar refractivity (Wildman–Crippen MR) is 182 cm³/mol. The SMILES string of the molecule is C=C/C=C(\C(Cl)=C(/C)C(C)F)c1nc(C(CCCCF)CNC(=O)c2ccc(N)c(C=NC(C)C)c2)cc2c1OCC2(C)C(N)=O. The van der Waals surface area contributed by atoms with Gasteiger partial charge in [0, 0.05) is 58.4 Å². The third-order valence-corrected chi connectivity index (χ3v) is 8.58. The Hall–Kier alpha value is -4.05. The number of benzene rings is 1. The summed E-state index contributed by atoms with van der Waals surface area (Å²) < 4.78 is 33.6. The number of anilines is 1. The molecule has 0 bridgehead atoms. The molecule has 248 valence electrons. The van der Waals surface area contributed by atoms with Crippen LogP contribution in [-0.4, -0.2) is 55.1 Å². The van der Waals surface area contributed by atoms with Gasteiger partial charge in [-0.05, 0) is 77.3 Å². The molecule has 8 nitrogen and oxygen atoms in total. The van der Waals surface area contributed by atoms with Crippen LogP contribution < -0.4 is 21.5 Å². The van der Waals surface area contributed by atoms with Crippen molar-refractivity contribution in [3.05, 3.63) is 81.7 Å². The van der Waals surface area contributed by atoms with Gasteiger partial charge in [-0.15, -0.1) is 0 Å². The summed E-state index contributed by atoms with van der Waals surface area (Å²) in [6.45, 7) is 11.9. The van der Waals surface area contributed by atoms with Crippen molar-refractivity contribution in [3.63, 3.8) is 0 Å². The molecule has 1 aromatic heterocycles. The largest absolute Gasteiger partial charge is 0.489 e. The van der Waals surface area contributed by atoms with E-state index in [-0.39, 0.29) is 41.4 Å². The van der Waals surface area contributed by atoms with E-state index in [1.54, 1.807) is 50.4 Å². The normalized spacial score (nSPS) is 18.2. The number of primary amides is 1. The maximum Gasteiger partial charge on any atom is 0.251 e. The van der Waals surface area contributed by atoms with Gasteiger partial charge in [0.25, 0.3) is 5.91 Å². The highest BCUT2D eigenvalue weighted by molar-refractivity contribution is 6.37. The molecular weight excluding hydrogens is 612 g/mol. The van der Waals surface area contributed by atoms with Crippen molar-refractivity contribution >= 4 is 40.9 Å². The molecule has 1 aliphatic heterocycles. The Kier molecular flexibility index (Phi) is 12.7. The maximum absolute atomic E-state index is 14.4. The van der Waals surface area contributed by atoms with Gasteiger partial charge in [-0.2, -0.15) is 0 Å².